The van der Waals surface area contributed by atoms with Crippen molar-refractivity contribution >= 4 is 0 Å². The highest BCUT2D eigenvalue weighted by Gasteiger charge is 2.16. The van der Waals surface area contributed by atoms with Crippen molar-refractivity contribution in [1.82, 2.24) is 0 Å². The first-order chi connectivity index (χ1) is 10.2. The lowest BCUT2D eigenvalue weighted by Gasteiger charge is -2.18. The van der Waals surface area contributed by atoms with Gasteiger partial charge in [0.2, 0.25) is 0 Å². The zero-order chi connectivity index (χ0) is 15.2. The largest absolute Gasteiger partial charge is 0.493 e. The van der Waals surface area contributed by atoms with Crippen molar-refractivity contribution in [1.29, 1.82) is 0 Å². The molecule has 0 fully saturated rings. The van der Waals surface area contributed by atoms with Crippen molar-refractivity contribution in [2.75, 3.05) is 20.8 Å². The van der Waals surface area contributed by atoms with Gasteiger partial charge in [0.05, 0.1) is 14.2 Å². The fourth-order valence-electron chi connectivity index (χ4n) is 2.45. The summed E-state index contributed by atoms with van der Waals surface area (Å²) < 4.78 is 23.8. The maximum atomic E-state index is 13.0. The summed E-state index contributed by atoms with van der Waals surface area (Å²) in [5.74, 6) is 1.28. The van der Waals surface area contributed by atoms with Gasteiger partial charge in [0.1, 0.15) is 5.82 Å². The van der Waals surface area contributed by atoms with Crippen molar-refractivity contribution in [3.63, 3.8) is 0 Å². The predicted octanol–water partition coefficient (Wildman–Crippen LogP) is 3.13. The summed E-state index contributed by atoms with van der Waals surface area (Å²) in [6.45, 7) is 0.478. The summed E-state index contributed by atoms with van der Waals surface area (Å²) >= 11 is 0. The summed E-state index contributed by atoms with van der Waals surface area (Å²) in [4.78, 5) is 0. The molecule has 112 valence electrons. The molecule has 4 heteroatoms. The summed E-state index contributed by atoms with van der Waals surface area (Å²) in [5.41, 5.74) is 7.93. The van der Waals surface area contributed by atoms with Gasteiger partial charge in [-0.15, -0.1) is 0 Å². The molecular formula is C17H20FNO2. The minimum Gasteiger partial charge on any atom is -0.493 e. The summed E-state index contributed by atoms with van der Waals surface area (Å²) in [7, 11) is 3.23. The molecule has 0 amide bonds. The lowest BCUT2D eigenvalue weighted by molar-refractivity contribution is 0.351. The second kappa shape index (κ2) is 7.09. The van der Waals surface area contributed by atoms with E-state index in [-0.39, 0.29) is 11.7 Å². The Morgan fingerprint density at radius 3 is 2.33 bits per heavy atom. The molecule has 1 atom stereocenters. The highest BCUT2D eigenvalue weighted by atomic mass is 19.1. The van der Waals surface area contributed by atoms with E-state index in [1.165, 1.54) is 12.1 Å². The first-order valence-corrected chi connectivity index (χ1v) is 6.85. The first-order valence-electron chi connectivity index (χ1n) is 6.85. The fourth-order valence-corrected chi connectivity index (χ4v) is 2.45. The van der Waals surface area contributed by atoms with Crippen LogP contribution in [0.1, 0.15) is 17.0 Å². The Bertz CT molecular complexity index is 584. The summed E-state index contributed by atoms with van der Waals surface area (Å²) in [6.07, 6.45) is 0.711. The predicted molar refractivity (Wildman–Crippen MR) is 81.4 cm³/mol. The second-order valence-electron chi connectivity index (χ2n) is 4.84. The molecule has 0 saturated carbocycles. The Kier molecular flexibility index (Phi) is 5.17. The van der Waals surface area contributed by atoms with Gasteiger partial charge in [0.15, 0.2) is 11.5 Å². The average Bonchev–Trinajstić information content (AvgIpc) is 2.53. The fraction of sp³-hybridized carbons (Fsp3) is 0.294. The normalized spacial score (nSPS) is 12.0. The van der Waals surface area contributed by atoms with Gasteiger partial charge < -0.3 is 15.2 Å². The molecule has 0 aliphatic carbocycles. The Balaban J connectivity index is 2.28. The van der Waals surface area contributed by atoms with Crippen LogP contribution in [0, 0.1) is 5.82 Å². The number of rotatable bonds is 6. The van der Waals surface area contributed by atoms with Crippen LogP contribution in [0.25, 0.3) is 0 Å². The standard InChI is InChI=1S/C17H20FNO2/c1-20-16-5-3-4-13(17(16)21-2)10-14(11-19)12-6-8-15(18)9-7-12/h3-9,14H,10-11,19H2,1-2H3. The van der Waals surface area contributed by atoms with Crippen LogP contribution in [0.5, 0.6) is 11.5 Å². The monoisotopic (exact) mass is 289 g/mol. The van der Waals surface area contributed by atoms with Gasteiger partial charge in [0.25, 0.3) is 0 Å². The molecule has 3 nitrogen and oxygen atoms in total. The minimum absolute atomic E-state index is 0.103. The van der Waals surface area contributed by atoms with Gasteiger partial charge in [-0.1, -0.05) is 24.3 Å². The molecule has 0 spiro atoms. The molecule has 2 aromatic carbocycles. The Morgan fingerprint density at radius 2 is 1.76 bits per heavy atom. The average molecular weight is 289 g/mol. The first kappa shape index (κ1) is 15.3. The number of methoxy groups -OCH3 is 2. The quantitative estimate of drug-likeness (QED) is 0.888. The van der Waals surface area contributed by atoms with Gasteiger partial charge in [-0.2, -0.15) is 0 Å². The Labute approximate surface area is 124 Å². The number of ether oxygens (including phenoxy) is 2. The highest BCUT2D eigenvalue weighted by molar-refractivity contribution is 5.47. The van der Waals surface area contributed by atoms with E-state index in [1.54, 1.807) is 26.4 Å². The third-order valence-corrected chi connectivity index (χ3v) is 3.58. The number of hydrogen-bond acceptors (Lipinski definition) is 3. The molecule has 2 rings (SSSR count). The number of nitrogens with two attached hydrogens (primary N) is 1. The molecule has 2 aromatic rings. The molecule has 0 saturated heterocycles. The van der Waals surface area contributed by atoms with Crippen LogP contribution in [0.3, 0.4) is 0 Å². The minimum atomic E-state index is -0.242. The van der Waals surface area contributed by atoms with E-state index in [1.807, 2.05) is 18.2 Å². The molecular weight excluding hydrogens is 269 g/mol. The van der Waals surface area contributed by atoms with Crippen LogP contribution in [-0.2, 0) is 6.42 Å². The maximum absolute atomic E-state index is 13.0. The molecule has 21 heavy (non-hydrogen) atoms. The number of para-hydroxylation sites is 1. The lowest BCUT2D eigenvalue weighted by atomic mass is 9.91. The Hall–Kier alpha value is -2.07. The van der Waals surface area contributed by atoms with E-state index in [4.69, 9.17) is 15.2 Å². The van der Waals surface area contributed by atoms with Gasteiger partial charge in [-0.25, -0.2) is 4.39 Å². The molecule has 0 radical (unpaired) electrons. The van der Waals surface area contributed by atoms with Gasteiger partial charge in [0, 0.05) is 5.92 Å². The molecule has 1 unspecified atom stereocenters. The van der Waals surface area contributed by atoms with Crippen molar-refractivity contribution in [2.45, 2.75) is 12.3 Å². The van der Waals surface area contributed by atoms with Crippen LogP contribution in [0.15, 0.2) is 42.5 Å². The smallest absolute Gasteiger partial charge is 0.163 e. The van der Waals surface area contributed by atoms with E-state index < -0.39 is 0 Å². The number of benzene rings is 2. The van der Waals surface area contributed by atoms with Crippen LogP contribution in [-0.4, -0.2) is 20.8 Å². The van der Waals surface area contributed by atoms with Crippen LogP contribution < -0.4 is 15.2 Å². The summed E-state index contributed by atoms with van der Waals surface area (Å²) in [6, 6.07) is 12.3. The van der Waals surface area contributed by atoms with Crippen molar-refractivity contribution in [3.05, 3.63) is 59.4 Å². The highest BCUT2D eigenvalue weighted by Crippen LogP contribution is 2.33. The van der Waals surface area contributed by atoms with Crippen molar-refractivity contribution in [3.8, 4) is 11.5 Å². The van der Waals surface area contributed by atoms with Gasteiger partial charge in [-0.3, -0.25) is 0 Å². The number of halogens is 1. The maximum Gasteiger partial charge on any atom is 0.163 e. The Morgan fingerprint density at radius 1 is 1.05 bits per heavy atom. The van der Waals surface area contributed by atoms with Crippen LogP contribution >= 0.6 is 0 Å². The van der Waals surface area contributed by atoms with E-state index >= 15 is 0 Å². The zero-order valence-electron chi connectivity index (χ0n) is 12.3. The molecule has 0 aliphatic heterocycles. The van der Waals surface area contributed by atoms with E-state index in [2.05, 4.69) is 0 Å². The molecule has 0 aliphatic rings. The van der Waals surface area contributed by atoms with E-state index in [0.29, 0.717) is 18.7 Å². The molecule has 0 heterocycles. The number of hydrogen-bond donors (Lipinski definition) is 1. The third kappa shape index (κ3) is 3.52. The van der Waals surface area contributed by atoms with Crippen LogP contribution in [0.2, 0.25) is 0 Å². The van der Waals surface area contributed by atoms with Crippen molar-refractivity contribution < 1.29 is 13.9 Å². The lowest BCUT2D eigenvalue weighted by Crippen LogP contribution is -2.15. The second-order valence-corrected chi connectivity index (χ2v) is 4.84. The van der Waals surface area contributed by atoms with Crippen molar-refractivity contribution in [2.24, 2.45) is 5.73 Å². The molecule has 0 bridgehead atoms. The SMILES string of the molecule is COc1cccc(CC(CN)c2ccc(F)cc2)c1OC. The van der Waals surface area contributed by atoms with Gasteiger partial charge >= 0.3 is 0 Å². The van der Waals surface area contributed by atoms with Gasteiger partial charge in [-0.05, 0) is 42.3 Å². The molecule has 2 N–H and O–H groups in total. The zero-order valence-corrected chi connectivity index (χ0v) is 12.3. The third-order valence-electron chi connectivity index (χ3n) is 3.58. The topological polar surface area (TPSA) is 44.5 Å². The summed E-state index contributed by atoms with van der Waals surface area (Å²) in [5, 5.41) is 0. The van der Waals surface area contributed by atoms with E-state index in [0.717, 1.165) is 16.9 Å². The molecule has 0 aromatic heterocycles. The van der Waals surface area contributed by atoms with E-state index in [9.17, 15) is 4.39 Å². The van der Waals surface area contributed by atoms with Crippen LogP contribution in [0.4, 0.5) is 4.39 Å².